The summed E-state index contributed by atoms with van der Waals surface area (Å²) in [5.74, 6) is -1.16. The van der Waals surface area contributed by atoms with Gasteiger partial charge < -0.3 is 10.1 Å². The lowest BCUT2D eigenvalue weighted by Crippen LogP contribution is -2.13. The molecule has 0 spiro atoms. The van der Waals surface area contributed by atoms with Gasteiger partial charge in [0.1, 0.15) is 5.82 Å². The minimum Gasteiger partial charge on any atom is -0.436 e. The van der Waals surface area contributed by atoms with Crippen molar-refractivity contribution in [3.05, 3.63) is 53.7 Å². The molecule has 0 unspecified atom stereocenters. The maximum absolute atomic E-state index is 13.4. The Morgan fingerprint density at radius 3 is 2.70 bits per heavy atom. The van der Waals surface area contributed by atoms with Crippen LogP contribution in [0.5, 0.6) is 11.6 Å². The van der Waals surface area contributed by atoms with Crippen molar-refractivity contribution in [2.75, 3.05) is 6.54 Å². The molecule has 3 nitrogen and oxygen atoms in total. The van der Waals surface area contributed by atoms with E-state index in [9.17, 15) is 8.78 Å². The van der Waals surface area contributed by atoms with E-state index in [1.165, 1.54) is 6.07 Å². The molecule has 5 heteroatoms. The topological polar surface area (TPSA) is 34.1 Å². The normalized spacial score (nSPS) is 10.6. The number of pyridine rings is 1. The molecule has 0 aliphatic rings. The van der Waals surface area contributed by atoms with Crippen LogP contribution in [0.4, 0.5) is 8.78 Å². The number of rotatable bonds is 6. The zero-order valence-corrected chi connectivity index (χ0v) is 11.2. The molecule has 0 fully saturated rings. The average molecular weight is 278 g/mol. The van der Waals surface area contributed by atoms with Crippen LogP contribution in [0.1, 0.15) is 18.9 Å². The fourth-order valence-corrected chi connectivity index (χ4v) is 1.66. The molecule has 106 valence electrons. The summed E-state index contributed by atoms with van der Waals surface area (Å²) in [6, 6.07) is 6.67. The highest BCUT2D eigenvalue weighted by Crippen LogP contribution is 2.23. The quantitative estimate of drug-likeness (QED) is 0.819. The van der Waals surface area contributed by atoms with Crippen molar-refractivity contribution >= 4 is 0 Å². The molecule has 0 bridgehead atoms. The van der Waals surface area contributed by atoms with Gasteiger partial charge in [-0.2, -0.15) is 0 Å². The van der Waals surface area contributed by atoms with Gasteiger partial charge in [-0.25, -0.2) is 13.8 Å². The second-order valence-electron chi connectivity index (χ2n) is 4.36. The van der Waals surface area contributed by atoms with Gasteiger partial charge in [-0.05, 0) is 30.7 Å². The second-order valence-corrected chi connectivity index (χ2v) is 4.36. The third-order valence-corrected chi connectivity index (χ3v) is 2.66. The predicted molar refractivity (Wildman–Crippen MR) is 72.7 cm³/mol. The van der Waals surface area contributed by atoms with Gasteiger partial charge in [0, 0.05) is 24.9 Å². The van der Waals surface area contributed by atoms with Gasteiger partial charge in [-0.1, -0.05) is 13.0 Å². The summed E-state index contributed by atoms with van der Waals surface area (Å²) < 4.78 is 31.5. The van der Waals surface area contributed by atoms with Gasteiger partial charge in [0.05, 0.1) is 0 Å². The molecule has 2 aromatic rings. The van der Waals surface area contributed by atoms with Crippen LogP contribution in [-0.4, -0.2) is 11.5 Å². The van der Waals surface area contributed by atoms with Crippen LogP contribution in [0.2, 0.25) is 0 Å². The van der Waals surface area contributed by atoms with E-state index in [1.807, 2.05) is 6.07 Å². The first-order chi connectivity index (χ1) is 9.69. The highest BCUT2D eigenvalue weighted by atomic mass is 19.1. The molecular formula is C15H16F2N2O. The molecule has 0 aliphatic carbocycles. The largest absolute Gasteiger partial charge is 0.436 e. The maximum Gasteiger partial charge on any atom is 0.219 e. The number of halogens is 2. The summed E-state index contributed by atoms with van der Waals surface area (Å²) in [6.45, 7) is 3.77. The monoisotopic (exact) mass is 278 g/mol. The van der Waals surface area contributed by atoms with Crippen molar-refractivity contribution in [1.82, 2.24) is 10.3 Å². The third-order valence-electron chi connectivity index (χ3n) is 2.66. The van der Waals surface area contributed by atoms with E-state index in [1.54, 1.807) is 12.3 Å². The maximum atomic E-state index is 13.4. The lowest BCUT2D eigenvalue weighted by Gasteiger charge is -2.07. The van der Waals surface area contributed by atoms with Crippen LogP contribution in [0.15, 0.2) is 36.5 Å². The molecule has 20 heavy (non-hydrogen) atoms. The van der Waals surface area contributed by atoms with Crippen molar-refractivity contribution in [1.29, 1.82) is 0 Å². The summed E-state index contributed by atoms with van der Waals surface area (Å²) in [7, 11) is 0. The van der Waals surface area contributed by atoms with Crippen molar-refractivity contribution in [3.8, 4) is 11.6 Å². The number of nitrogens with one attached hydrogen (secondary N) is 1. The molecule has 0 saturated carbocycles. The van der Waals surface area contributed by atoms with E-state index in [4.69, 9.17) is 4.74 Å². The van der Waals surface area contributed by atoms with E-state index in [0.717, 1.165) is 37.2 Å². The highest BCUT2D eigenvalue weighted by Gasteiger charge is 2.06. The summed E-state index contributed by atoms with van der Waals surface area (Å²) in [4.78, 5) is 4.09. The number of hydrogen-bond donors (Lipinski definition) is 1. The van der Waals surface area contributed by atoms with E-state index < -0.39 is 11.6 Å². The second kappa shape index (κ2) is 6.96. The minimum atomic E-state index is -0.750. The molecule has 1 heterocycles. The van der Waals surface area contributed by atoms with Crippen LogP contribution in [-0.2, 0) is 6.54 Å². The van der Waals surface area contributed by atoms with Crippen LogP contribution in [0, 0.1) is 11.6 Å². The predicted octanol–water partition coefficient (Wildman–Crippen LogP) is 3.65. The number of benzene rings is 1. The summed E-state index contributed by atoms with van der Waals surface area (Å²) >= 11 is 0. The molecule has 0 atom stereocenters. The Kier molecular flexibility index (Phi) is 5.01. The Bertz CT molecular complexity index is 558. The Morgan fingerprint density at radius 1 is 1.20 bits per heavy atom. The molecular weight excluding hydrogens is 262 g/mol. The number of ether oxygens (including phenoxy) is 1. The lowest BCUT2D eigenvalue weighted by atomic mass is 10.3. The van der Waals surface area contributed by atoms with E-state index in [2.05, 4.69) is 17.2 Å². The zero-order valence-electron chi connectivity index (χ0n) is 11.2. The number of aromatic nitrogens is 1. The van der Waals surface area contributed by atoms with Gasteiger partial charge in [0.25, 0.3) is 0 Å². The highest BCUT2D eigenvalue weighted by molar-refractivity contribution is 5.29. The summed E-state index contributed by atoms with van der Waals surface area (Å²) in [5, 5.41) is 3.25. The molecule has 1 N–H and O–H groups in total. The molecule has 0 aliphatic heterocycles. The van der Waals surface area contributed by atoms with Crippen molar-refractivity contribution in [3.63, 3.8) is 0 Å². The minimum absolute atomic E-state index is 0.0456. The van der Waals surface area contributed by atoms with E-state index in [-0.39, 0.29) is 11.6 Å². The Morgan fingerprint density at radius 2 is 2.05 bits per heavy atom. The van der Waals surface area contributed by atoms with E-state index >= 15 is 0 Å². The van der Waals surface area contributed by atoms with E-state index in [0.29, 0.717) is 0 Å². The van der Waals surface area contributed by atoms with Gasteiger partial charge in [-0.3, -0.25) is 0 Å². The smallest absolute Gasteiger partial charge is 0.219 e. The number of hydrogen-bond acceptors (Lipinski definition) is 3. The average Bonchev–Trinajstić information content (AvgIpc) is 2.44. The van der Waals surface area contributed by atoms with Crippen LogP contribution >= 0.6 is 0 Å². The molecule has 0 amide bonds. The summed E-state index contributed by atoms with van der Waals surface area (Å²) in [6.07, 6.45) is 2.73. The molecule has 1 aromatic heterocycles. The van der Waals surface area contributed by atoms with Crippen molar-refractivity contribution < 1.29 is 13.5 Å². The first-order valence-corrected chi connectivity index (χ1v) is 6.47. The Labute approximate surface area is 116 Å². The van der Waals surface area contributed by atoms with Crippen LogP contribution in [0.3, 0.4) is 0 Å². The standard InChI is InChI=1S/C15H16F2N2O/c1-2-7-18-9-11-3-6-15(19-10-11)20-14-5-4-12(16)8-13(14)17/h3-6,8,10,18H,2,7,9H2,1H3. The Hall–Kier alpha value is -2.01. The summed E-state index contributed by atoms with van der Waals surface area (Å²) in [5.41, 5.74) is 1.02. The van der Waals surface area contributed by atoms with Gasteiger partial charge in [-0.15, -0.1) is 0 Å². The lowest BCUT2D eigenvalue weighted by molar-refractivity contribution is 0.423. The fourth-order valence-electron chi connectivity index (χ4n) is 1.66. The zero-order chi connectivity index (χ0) is 14.4. The molecule has 0 radical (unpaired) electrons. The van der Waals surface area contributed by atoms with Gasteiger partial charge in [0.2, 0.25) is 5.88 Å². The SMILES string of the molecule is CCCNCc1ccc(Oc2ccc(F)cc2F)nc1. The van der Waals surface area contributed by atoms with Crippen LogP contribution in [0.25, 0.3) is 0 Å². The van der Waals surface area contributed by atoms with Gasteiger partial charge in [0.15, 0.2) is 11.6 Å². The van der Waals surface area contributed by atoms with Gasteiger partial charge >= 0.3 is 0 Å². The van der Waals surface area contributed by atoms with Crippen LogP contribution < -0.4 is 10.1 Å². The fraction of sp³-hybridized carbons (Fsp3) is 0.267. The van der Waals surface area contributed by atoms with Crippen molar-refractivity contribution in [2.45, 2.75) is 19.9 Å². The third kappa shape index (κ3) is 3.99. The molecule has 2 rings (SSSR count). The molecule has 0 saturated heterocycles. The first-order valence-electron chi connectivity index (χ1n) is 6.47. The molecule has 1 aromatic carbocycles. The number of nitrogens with zero attached hydrogens (tertiary/aromatic N) is 1. The van der Waals surface area contributed by atoms with Crippen molar-refractivity contribution in [2.24, 2.45) is 0 Å². The first kappa shape index (κ1) is 14.4. The Balaban J connectivity index is 1.99.